The number of benzene rings is 1. The molecule has 3 N–H and O–H groups in total. The van der Waals surface area contributed by atoms with Gasteiger partial charge in [0.2, 0.25) is 0 Å². The predicted octanol–water partition coefficient (Wildman–Crippen LogP) is 2.10. The molecule has 5 nitrogen and oxygen atoms in total. The highest BCUT2D eigenvalue weighted by Gasteiger charge is 2.16. The smallest absolute Gasteiger partial charge is 0.338 e. The Hall–Kier alpha value is -1.56. The van der Waals surface area contributed by atoms with Gasteiger partial charge in [0.1, 0.15) is 0 Å². The number of hydrogen-bond acceptors (Lipinski definition) is 4. The molecule has 0 radical (unpaired) electrons. The number of carbonyl (C=O) groups is 2. The summed E-state index contributed by atoms with van der Waals surface area (Å²) in [6.07, 6.45) is 0. The number of halogens is 1. The second kappa shape index (κ2) is 6.06. The van der Waals surface area contributed by atoms with Crippen LogP contribution >= 0.6 is 15.9 Å². The van der Waals surface area contributed by atoms with Crippen molar-refractivity contribution in [1.82, 2.24) is 5.32 Å². The van der Waals surface area contributed by atoms with E-state index in [2.05, 4.69) is 21.2 Å². The summed E-state index contributed by atoms with van der Waals surface area (Å²) in [4.78, 5) is 23.2. The summed E-state index contributed by atoms with van der Waals surface area (Å²) in [5, 5.41) is 2.70. The van der Waals surface area contributed by atoms with Crippen LogP contribution in [0.4, 0.5) is 5.69 Å². The summed E-state index contributed by atoms with van der Waals surface area (Å²) < 4.78 is 5.61. The van der Waals surface area contributed by atoms with Crippen molar-refractivity contribution in [3.8, 4) is 0 Å². The van der Waals surface area contributed by atoms with E-state index in [1.54, 1.807) is 12.1 Å². The Morgan fingerprint density at radius 1 is 1.37 bits per heavy atom. The summed E-state index contributed by atoms with van der Waals surface area (Å²) in [6, 6.07) is 4.72. The maximum atomic E-state index is 11.7. The van der Waals surface area contributed by atoms with E-state index in [-0.39, 0.29) is 18.1 Å². The van der Waals surface area contributed by atoms with Crippen molar-refractivity contribution in [2.75, 3.05) is 12.3 Å². The van der Waals surface area contributed by atoms with E-state index in [0.717, 1.165) is 0 Å². The molecular weight excluding hydrogens is 312 g/mol. The first-order valence-corrected chi connectivity index (χ1v) is 6.51. The van der Waals surface area contributed by atoms with Gasteiger partial charge in [-0.3, -0.25) is 4.79 Å². The summed E-state index contributed by atoms with van der Waals surface area (Å²) in [7, 11) is 0. The Labute approximate surface area is 120 Å². The van der Waals surface area contributed by atoms with Gasteiger partial charge in [-0.05, 0) is 54.9 Å². The summed E-state index contributed by atoms with van der Waals surface area (Å²) in [5.41, 5.74) is 6.06. The van der Waals surface area contributed by atoms with Gasteiger partial charge in [0.25, 0.3) is 5.91 Å². The third kappa shape index (κ3) is 5.30. The third-order valence-electron chi connectivity index (χ3n) is 2.08. The maximum Gasteiger partial charge on any atom is 0.338 e. The first kappa shape index (κ1) is 15.5. The molecule has 0 aromatic heterocycles. The maximum absolute atomic E-state index is 11.7. The average molecular weight is 329 g/mol. The monoisotopic (exact) mass is 328 g/mol. The lowest BCUT2D eigenvalue weighted by atomic mass is 10.1. The van der Waals surface area contributed by atoms with Gasteiger partial charge in [-0.2, -0.15) is 0 Å². The van der Waals surface area contributed by atoms with Crippen LogP contribution in [0.1, 0.15) is 31.1 Å². The van der Waals surface area contributed by atoms with Crippen molar-refractivity contribution < 1.29 is 14.3 Å². The van der Waals surface area contributed by atoms with Crippen LogP contribution in [0.2, 0.25) is 0 Å². The zero-order valence-corrected chi connectivity index (χ0v) is 12.7. The molecule has 6 heteroatoms. The highest BCUT2D eigenvalue weighted by atomic mass is 79.9. The van der Waals surface area contributed by atoms with E-state index in [1.165, 1.54) is 6.07 Å². The van der Waals surface area contributed by atoms with Crippen LogP contribution in [0.15, 0.2) is 22.7 Å². The summed E-state index contributed by atoms with van der Waals surface area (Å²) >= 11 is 3.23. The molecule has 1 aromatic carbocycles. The SMILES string of the molecule is CC(C)(C)NC(=O)COC(=O)c1ccc(Br)c(N)c1. The molecule has 0 spiro atoms. The first-order valence-electron chi connectivity index (χ1n) is 5.72. The fourth-order valence-electron chi connectivity index (χ4n) is 1.34. The summed E-state index contributed by atoms with van der Waals surface area (Å²) in [5.74, 6) is -0.922. The number of anilines is 1. The Morgan fingerprint density at radius 2 is 2.00 bits per heavy atom. The number of amides is 1. The van der Waals surface area contributed by atoms with E-state index < -0.39 is 5.97 Å². The second-order valence-electron chi connectivity index (χ2n) is 5.11. The van der Waals surface area contributed by atoms with E-state index >= 15 is 0 Å². The van der Waals surface area contributed by atoms with Crippen LogP contribution in [-0.4, -0.2) is 24.0 Å². The molecule has 0 aliphatic rings. The van der Waals surface area contributed by atoms with Crippen molar-refractivity contribution in [2.45, 2.75) is 26.3 Å². The molecule has 0 fully saturated rings. The minimum absolute atomic E-state index is 0.309. The normalized spacial score (nSPS) is 10.9. The van der Waals surface area contributed by atoms with Crippen LogP contribution in [0.3, 0.4) is 0 Å². The standard InChI is InChI=1S/C13H17BrN2O3/c1-13(2,3)16-11(17)7-19-12(18)8-4-5-9(14)10(15)6-8/h4-6H,7,15H2,1-3H3,(H,16,17). The highest BCUT2D eigenvalue weighted by Crippen LogP contribution is 2.20. The minimum Gasteiger partial charge on any atom is -0.452 e. The molecule has 0 aliphatic carbocycles. The molecule has 1 aromatic rings. The number of esters is 1. The Bertz CT molecular complexity index is 495. The van der Waals surface area contributed by atoms with Gasteiger partial charge in [0, 0.05) is 15.7 Å². The van der Waals surface area contributed by atoms with Crippen LogP contribution in [-0.2, 0) is 9.53 Å². The Morgan fingerprint density at radius 3 is 2.53 bits per heavy atom. The summed E-state index contributed by atoms with van der Waals surface area (Å²) in [6.45, 7) is 5.23. The highest BCUT2D eigenvalue weighted by molar-refractivity contribution is 9.10. The molecular formula is C13H17BrN2O3. The van der Waals surface area contributed by atoms with E-state index in [9.17, 15) is 9.59 Å². The zero-order chi connectivity index (χ0) is 14.6. The molecule has 19 heavy (non-hydrogen) atoms. The zero-order valence-electron chi connectivity index (χ0n) is 11.1. The quantitative estimate of drug-likeness (QED) is 0.657. The molecule has 0 heterocycles. The van der Waals surface area contributed by atoms with Crippen LogP contribution < -0.4 is 11.1 Å². The van der Waals surface area contributed by atoms with Gasteiger partial charge >= 0.3 is 5.97 Å². The number of rotatable bonds is 3. The van der Waals surface area contributed by atoms with Gasteiger partial charge in [0.05, 0.1) is 5.56 Å². The van der Waals surface area contributed by atoms with Gasteiger partial charge in [0.15, 0.2) is 6.61 Å². The molecule has 1 rings (SSSR count). The molecule has 1 amide bonds. The van der Waals surface area contributed by atoms with Gasteiger partial charge in [-0.15, -0.1) is 0 Å². The number of nitrogens with two attached hydrogens (primary N) is 1. The van der Waals surface area contributed by atoms with Crippen molar-refractivity contribution >= 4 is 33.5 Å². The Kier molecular flexibility index (Phi) is 4.94. The molecule has 0 saturated carbocycles. The predicted molar refractivity (Wildman–Crippen MR) is 76.7 cm³/mol. The molecule has 0 atom stereocenters. The third-order valence-corrected chi connectivity index (χ3v) is 2.80. The lowest BCUT2D eigenvalue weighted by Crippen LogP contribution is -2.42. The lowest BCUT2D eigenvalue weighted by molar-refractivity contribution is -0.125. The fourth-order valence-corrected chi connectivity index (χ4v) is 1.59. The number of ether oxygens (including phenoxy) is 1. The van der Waals surface area contributed by atoms with Crippen molar-refractivity contribution in [3.05, 3.63) is 28.2 Å². The van der Waals surface area contributed by atoms with Crippen molar-refractivity contribution in [3.63, 3.8) is 0 Å². The number of nitrogen functional groups attached to an aromatic ring is 1. The molecule has 104 valence electrons. The number of carbonyl (C=O) groups excluding carboxylic acids is 2. The first-order chi connectivity index (χ1) is 8.69. The van der Waals surface area contributed by atoms with E-state index in [4.69, 9.17) is 10.5 Å². The topological polar surface area (TPSA) is 81.4 Å². The van der Waals surface area contributed by atoms with Crippen LogP contribution in [0.25, 0.3) is 0 Å². The van der Waals surface area contributed by atoms with Gasteiger partial charge in [-0.1, -0.05) is 0 Å². The van der Waals surface area contributed by atoms with E-state index in [1.807, 2.05) is 20.8 Å². The van der Waals surface area contributed by atoms with E-state index in [0.29, 0.717) is 15.7 Å². The molecule has 0 unspecified atom stereocenters. The van der Waals surface area contributed by atoms with Crippen LogP contribution in [0.5, 0.6) is 0 Å². The second-order valence-corrected chi connectivity index (χ2v) is 5.96. The largest absolute Gasteiger partial charge is 0.452 e. The van der Waals surface area contributed by atoms with Crippen LogP contribution in [0, 0.1) is 0 Å². The van der Waals surface area contributed by atoms with Crippen molar-refractivity contribution in [1.29, 1.82) is 0 Å². The lowest BCUT2D eigenvalue weighted by Gasteiger charge is -2.20. The van der Waals surface area contributed by atoms with Crippen molar-refractivity contribution in [2.24, 2.45) is 0 Å². The Balaban J connectivity index is 2.56. The van der Waals surface area contributed by atoms with Gasteiger partial charge in [-0.25, -0.2) is 4.79 Å². The average Bonchev–Trinajstić information content (AvgIpc) is 2.27. The number of nitrogens with one attached hydrogen (secondary N) is 1. The fraction of sp³-hybridized carbons (Fsp3) is 0.385. The number of hydrogen-bond donors (Lipinski definition) is 2. The van der Waals surface area contributed by atoms with Gasteiger partial charge < -0.3 is 15.8 Å². The minimum atomic E-state index is -0.580. The molecule has 0 saturated heterocycles. The molecule has 0 bridgehead atoms. The molecule has 0 aliphatic heterocycles.